The lowest BCUT2D eigenvalue weighted by atomic mass is 9.94. The van der Waals surface area contributed by atoms with E-state index in [-0.39, 0.29) is 18.6 Å². The highest BCUT2D eigenvalue weighted by Gasteiger charge is 2.43. The number of aliphatic hydroxyl groups is 1. The summed E-state index contributed by atoms with van der Waals surface area (Å²) < 4.78 is 10.9. The van der Waals surface area contributed by atoms with Crippen molar-refractivity contribution in [3.8, 4) is 5.75 Å². The summed E-state index contributed by atoms with van der Waals surface area (Å²) in [4.78, 5) is 14.6. The van der Waals surface area contributed by atoms with E-state index in [9.17, 15) is 4.79 Å². The van der Waals surface area contributed by atoms with E-state index in [1.165, 1.54) is 0 Å². The number of benzene rings is 1. The molecule has 122 valence electrons. The first-order valence-corrected chi connectivity index (χ1v) is 7.69. The van der Waals surface area contributed by atoms with Crippen LogP contribution in [0.1, 0.15) is 32.3 Å². The fraction of sp³-hybridized carbons (Fsp3) is 0.588. The molecule has 1 heterocycles. The third-order valence-electron chi connectivity index (χ3n) is 4.21. The predicted octanol–water partition coefficient (Wildman–Crippen LogP) is 1.97. The van der Waals surface area contributed by atoms with Crippen LogP contribution >= 0.6 is 0 Å². The quantitative estimate of drug-likeness (QED) is 0.873. The zero-order valence-corrected chi connectivity index (χ0v) is 13.5. The average Bonchev–Trinajstić information content (AvgIpc) is 2.54. The topological polar surface area (TPSA) is 59.0 Å². The molecule has 1 saturated heterocycles. The van der Waals surface area contributed by atoms with Gasteiger partial charge in [0, 0.05) is 13.2 Å². The molecule has 1 aliphatic heterocycles. The van der Waals surface area contributed by atoms with Gasteiger partial charge in [-0.2, -0.15) is 0 Å². The SMILES string of the molecule is COc1ccc(CN2C(=O)[C@@](C)(CCCO)OC[C@H]2C)cc1. The van der Waals surface area contributed by atoms with Crippen molar-refractivity contribution in [2.24, 2.45) is 0 Å². The van der Waals surface area contributed by atoms with Crippen LogP contribution in [0.25, 0.3) is 0 Å². The van der Waals surface area contributed by atoms with Gasteiger partial charge in [0.25, 0.3) is 5.91 Å². The third-order valence-corrected chi connectivity index (χ3v) is 4.21. The molecule has 1 aromatic carbocycles. The van der Waals surface area contributed by atoms with Crippen LogP contribution in [-0.4, -0.2) is 47.9 Å². The Balaban J connectivity index is 2.11. The Morgan fingerprint density at radius 1 is 1.41 bits per heavy atom. The summed E-state index contributed by atoms with van der Waals surface area (Å²) in [6.07, 6.45) is 1.10. The lowest BCUT2D eigenvalue weighted by Crippen LogP contribution is -2.58. The molecule has 0 bridgehead atoms. The molecule has 1 aliphatic rings. The van der Waals surface area contributed by atoms with Crippen molar-refractivity contribution in [2.75, 3.05) is 20.3 Å². The summed E-state index contributed by atoms with van der Waals surface area (Å²) >= 11 is 0. The molecule has 0 spiro atoms. The Kier molecular flexibility index (Phi) is 5.42. The molecular formula is C17H25NO4. The van der Waals surface area contributed by atoms with Crippen LogP contribution in [0.5, 0.6) is 5.75 Å². The van der Waals surface area contributed by atoms with Gasteiger partial charge in [-0.05, 0) is 44.4 Å². The number of aliphatic hydroxyl groups excluding tert-OH is 1. The van der Waals surface area contributed by atoms with E-state index < -0.39 is 5.60 Å². The number of carbonyl (C=O) groups excluding carboxylic acids is 1. The van der Waals surface area contributed by atoms with Gasteiger partial charge in [0.2, 0.25) is 0 Å². The van der Waals surface area contributed by atoms with Crippen LogP contribution in [0.3, 0.4) is 0 Å². The molecule has 1 aromatic rings. The lowest BCUT2D eigenvalue weighted by molar-refractivity contribution is -0.178. The molecule has 0 unspecified atom stereocenters. The summed E-state index contributed by atoms with van der Waals surface area (Å²) in [7, 11) is 1.63. The molecule has 2 atom stereocenters. The Bertz CT molecular complexity index is 498. The van der Waals surface area contributed by atoms with Crippen LogP contribution < -0.4 is 4.74 Å². The molecule has 1 fully saturated rings. The van der Waals surface area contributed by atoms with Crippen LogP contribution in [0, 0.1) is 0 Å². The van der Waals surface area contributed by atoms with Gasteiger partial charge in [0.15, 0.2) is 0 Å². The van der Waals surface area contributed by atoms with Crippen molar-refractivity contribution in [3.63, 3.8) is 0 Å². The summed E-state index contributed by atoms with van der Waals surface area (Å²) in [6, 6.07) is 7.78. The zero-order valence-electron chi connectivity index (χ0n) is 13.5. The number of methoxy groups -OCH3 is 1. The molecule has 5 nitrogen and oxygen atoms in total. The van der Waals surface area contributed by atoms with E-state index in [0.717, 1.165) is 11.3 Å². The number of nitrogens with zero attached hydrogens (tertiary/aromatic N) is 1. The Morgan fingerprint density at radius 2 is 2.09 bits per heavy atom. The minimum atomic E-state index is -0.832. The van der Waals surface area contributed by atoms with E-state index in [2.05, 4.69) is 0 Å². The van der Waals surface area contributed by atoms with Gasteiger partial charge in [0.05, 0.1) is 19.8 Å². The molecule has 1 amide bonds. The smallest absolute Gasteiger partial charge is 0.255 e. The van der Waals surface area contributed by atoms with Crippen molar-refractivity contribution in [2.45, 2.75) is 44.9 Å². The highest BCUT2D eigenvalue weighted by Crippen LogP contribution is 2.28. The van der Waals surface area contributed by atoms with Gasteiger partial charge < -0.3 is 19.5 Å². The minimum absolute atomic E-state index is 0.00415. The van der Waals surface area contributed by atoms with Gasteiger partial charge in [-0.3, -0.25) is 4.79 Å². The number of morpholine rings is 1. The molecule has 0 aliphatic carbocycles. The van der Waals surface area contributed by atoms with Crippen LogP contribution in [0.15, 0.2) is 24.3 Å². The second-order valence-corrected chi connectivity index (χ2v) is 6.00. The normalized spacial score (nSPS) is 25.4. The summed E-state index contributed by atoms with van der Waals surface area (Å²) in [6.45, 7) is 4.96. The van der Waals surface area contributed by atoms with E-state index >= 15 is 0 Å². The van der Waals surface area contributed by atoms with Crippen molar-refractivity contribution >= 4 is 5.91 Å². The summed E-state index contributed by atoms with van der Waals surface area (Å²) in [5.41, 5.74) is 0.231. The summed E-state index contributed by atoms with van der Waals surface area (Å²) in [5, 5.41) is 9.01. The van der Waals surface area contributed by atoms with E-state index in [1.807, 2.05) is 43.0 Å². The minimum Gasteiger partial charge on any atom is -0.497 e. The molecule has 0 radical (unpaired) electrons. The van der Waals surface area contributed by atoms with Crippen LogP contribution in [0.4, 0.5) is 0 Å². The molecule has 0 saturated carbocycles. The van der Waals surface area contributed by atoms with Crippen molar-refractivity contribution in [1.29, 1.82) is 0 Å². The van der Waals surface area contributed by atoms with Crippen LogP contribution in [-0.2, 0) is 16.1 Å². The van der Waals surface area contributed by atoms with E-state index in [0.29, 0.717) is 26.0 Å². The van der Waals surface area contributed by atoms with Gasteiger partial charge in [-0.25, -0.2) is 0 Å². The van der Waals surface area contributed by atoms with Crippen molar-refractivity contribution in [1.82, 2.24) is 4.90 Å². The fourth-order valence-corrected chi connectivity index (χ4v) is 2.71. The van der Waals surface area contributed by atoms with Crippen LogP contribution in [0.2, 0.25) is 0 Å². The number of hydrogen-bond donors (Lipinski definition) is 1. The second-order valence-electron chi connectivity index (χ2n) is 6.00. The molecule has 5 heteroatoms. The van der Waals surface area contributed by atoms with Crippen molar-refractivity contribution in [3.05, 3.63) is 29.8 Å². The van der Waals surface area contributed by atoms with E-state index in [1.54, 1.807) is 7.11 Å². The first-order chi connectivity index (χ1) is 10.5. The van der Waals surface area contributed by atoms with E-state index in [4.69, 9.17) is 14.6 Å². The molecule has 2 rings (SSSR count). The largest absolute Gasteiger partial charge is 0.497 e. The Hall–Kier alpha value is -1.59. The lowest BCUT2D eigenvalue weighted by Gasteiger charge is -2.43. The summed E-state index contributed by atoms with van der Waals surface area (Å²) in [5.74, 6) is 0.799. The highest BCUT2D eigenvalue weighted by atomic mass is 16.5. The highest BCUT2D eigenvalue weighted by molar-refractivity contribution is 5.85. The second kappa shape index (κ2) is 7.11. The zero-order chi connectivity index (χ0) is 16.2. The fourth-order valence-electron chi connectivity index (χ4n) is 2.71. The number of ether oxygens (including phenoxy) is 2. The molecule has 22 heavy (non-hydrogen) atoms. The monoisotopic (exact) mass is 307 g/mol. The number of amides is 1. The number of hydrogen-bond acceptors (Lipinski definition) is 4. The maximum absolute atomic E-state index is 12.8. The molecular weight excluding hydrogens is 282 g/mol. The predicted molar refractivity (Wildman–Crippen MR) is 83.7 cm³/mol. The Morgan fingerprint density at radius 3 is 2.68 bits per heavy atom. The number of rotatable bonds is 6. The van der Waals surface area contributed by atoms with Gasteiger partial charge in [-0.1, -0.05) is 12.1 Å². The molecule has 0 aromatic heterocycles. The standard InChI is InChI=1S/C17H25NO4/c1-13-12-22-17(2,9-4-10-19)16(20)18(13)11-14-5-7-15(21-3)8-6-14/h5-8,13,19H,4,9-12H2,1-3H3/t13-,17-/m1/s1. The average molecular weight is 307 g/mol. The molecule has 1 N–H and O–H groups in total. The van der Waals surface area contributed by atoms with Gasteiger partial charge in [0.1, 0.15) is 11.4 Å². The first kappa shape index (κ1) is 16.8. The van der Waals surface area contributed by atoms with Gasteiger partial charge in [-0.15, -0.1) is 0 Å². The van der Waals surface area contributed by atoms with Crippen molar-refractivity contribution < 1.29 is 19.4 Å². The third kappa shape index (κ3) is 3.59. The number of carbonyl (C=O) groups is 1. The maximum atomic E-state index is 12.8. The Labute approximate surface area is 131 Å². The first-order valence-electron chi connectivity index (χ1n) is 7.69. The van der Waals surface area contributed by atoms with Gasteiger partial charge >= 0.3 is 0 Å². The maximum Gasteiger partial charge on any atom is 0.255 e.